The third-order valence-electron chi connectivity index (χ3n) is 3.13. The molecule has 0 atom stereocenters. The highest BCUT2D eigenvalue weighted by atomic mass is 35.5. The van der Waals surface area contributed by atoms with Crippen molar-refractivity contribution in [1.29, 1.82) is 0 Å². The summed E-state index contributed by atoms with van der Waals surface area (Å²) in [7, 11) is 0. The highest BCUT2D eigenvalue weighted by Crippen LogP contribution is 2.24. The van der Waals surface area contributed by atoms with Crippen LogP contribution >= 0.6 is 22.9 Å². The lowest BCUT2D eigenvalue weighted by Gasteiger charge is -2.01. The van der Waals surface area contributed by atoms with Gasteiger partial charge < -0.3 is 0 Å². The van der Waals surface area contributed by atoms with Crippen LogP contribution in [0.5, 0.6) is 0 Å². The van der Waals surface area contributed by atoms with Crippen molar-refractivity contribution in [1.82, 2.24) is 4.98 Å². The Hall–Kier alpha value is -2.17. The molecule has 1 heterocycles. The van der Waals surface area contributed by atoms with E-state index in [-0.39, 0.29) is 5.91 Å². The highest BCUT2D eigenvalue weighted by Gasteiger charge is 2.09. The molecule has 0 saturated carbocycles. The average Bonchev–Trinajstić information content (AvgIpc) is 2.97. The predicted octanol–water partition coefficient (Wildman–Crippen LogP) is 4.64. The molecule has 0 radical (unpaired) electrons. The summed E-state index contributed by atoms with van der Waals surface area (Å²) in [6, 6.07) is 16.8. The number of thiazole rings is 1. The van der Waals surface area contributed by atoms with Crippen LogP contribution in [0.3, 0.4) is 0 Å². The molecule has 0 spiro atoms. The zero-order chi connectivity index (χ0) is 15.4. The first kappa shape index (κ1) is 14.8. The average molecular weight is 329 g/mol. The number of benzene rings is 2. The van der Waals surface area contributed by atoms with Gasteiger partial charge in [0, 0.05) is 28.1 Å². The van der Waals surface area contributed by atoms with Gasteiger partial charge in [-0.3, -0.25) is 10.1 Å². The summed E-state index contributed by atoms with van der Waals surface area (Å²) in [6.45, 7) is 0. The van der Waals surface area contributed by atoms with E-state index in [0.717, 1.165) is 15.5 Å². The molecule has 22 heavy (non-hydrogen) atoms. The second-order valence-corrected chi connectivity index (χ2v) is 6.24. The molecule has 0 unspecified atom stereocenters. The molecule has 3 nitrogen and oxygen atoms in total. The van der Waals surface area contributed by atoms with Gasteiger partial charge in [-0.05, 0) is 23.8 Å². The highest BCUT2D eigenvalue weighted by molar-refractivity contribution is 7.15. The molecular weight excluding hydrogens is 316 g/mol. The van der Waals surface area contributed by atoms with E-state index < -0.39 is 0 Å². The van der Waals surface area contributed by atoms with Crippen LogP contribution in [0.1, 0.15) is 20.8 Å². The Bertz CT molecular complexity index is 786. The zero-order valence-corrected chi connectivity index (χ0v) is 13.2. The van der Waals surface area contributed by atoms with E-state index in [0.29, 0.717) is 17.1 Å². The molecule has 1 aromatic heterocycles. The van der Waals surface area contributed by atoms with Crippen molar-refractivity contribution in [2.75, 3.05) is 5.32 Å². The van der Waals surface area contributed by atoms with Crippen molar-refractivity contribution in [3.8, 4) is 0 Å². The van der Waals surface area contributed by atoms with Crippen molar-refractivity contribution in [2.45, 2.75) is 6.42 Å². The first-order chi connectivity index (χ1) is 10.7. The molecular formula is C17H13ClN2OS. The van der Waals surface area contributed by atoms with E-state index in [4.69, 9.17) is 11.6 Å². The first-order valence-electron chi connectivity index (χ1n) is 6.77. The largest absolute Gasteiger partial charge is 0.298 e. The van der Waals surface area contributed by atoms with E-state index in [2.05, 4.69) is 10.3 Å². The minimum atomic E-state index is -0.153. The fourth-order valence-corrected chi connectivity index (χ4v) is 3.07. The number of anilines is 1. The number of halogens is 1. The van der Waals surface area contributed by atoms with Crippen molar-refractivity contribution >= 4 is 34.0 Å². The molecule has 5 heteroatoms. The van der Waals surface area contributed by atoms with Gasteiger partial charge in [-0.1, -0.05) is 48.0 Å². The van der Waals surface area contributed by atoms with Gasteiger partial charge in [-0.15, -0.1) is 11.3 Å². The maximum Gasteiger partial charge on any atom is 0.257 e. The number of aromatic nitrogens is 1. The first-order valence-corrected chi connectivity index (χ1v) is 7.96. The number of rotatable bonds is 4. The lowest BCUT2D eigenvalue weighted by Crippen LogP contribution is -2.11. The molecule has 0 aliphatic rings. The van der Waals surface area contributed by atoms with Gasteiger partial charge in [-0.2, -0.15) is 0 Å². The maximum atomic E-state index is 12.1. The van der Waals surface area contributed by atoms with Gasteiger partial charge in [0.15, 0.2) is 5.13 Å². The van der Waals surface area contributed by atoms with Gasteiger partial charge >= 0.3 is 0 Å². The fraction of sp³-hybridized carbons (Fsp3) is 0.0588. The van der Waals surface area contributed by atoms with Gasteiger partial charge in [0.05, 0.1) is 0 Å². The zero-order valence-electron chi connectivity index (χ0n) is 11.6. The van der Waals surface area contributed by atoms with Crippen molar-refractivity contribution in [3.63, 3.8) is 0 Å². The normalized spacial score (nSPS) is 10.4. The van der Waals surface area contributed by atoms with E-state index >= 15 is 0 Å². The predicted molar refractivity (Wildman–Crippen MR) is 90.8 cm³/mol. The van der Waals surface area contributed by atoms with E-state index in [1.54, 1.807) is 18.3 Å². The van der Waals surface area contributed by atoms with E-state index in [1.165, 1.54) is 11.3 Å². The Kier molecular flexibility index (Phi) is 4.51. The molecule has 2 aromatic carbocycles. The lowest BCUT2D eigenvalue weighted by molar-refractivity contribution is 0.102. The molecule has 1 amide bonds. The van der Waals surface area contributed by atoms with Gasteiger partial charge in [0.25, 0.3) is 5.91 Å². The Morgan fingerprint density at radius 2 is 1.82 bits per heavy atom. The number of carbonyl (C=O) groups excluding carboxylic acids is 1. The molecule has 1 N–H and O–H groups in total. The Balaban J connectivity index is 1.69. The summed E-state index contributed by atoms with van der Waals surface area (Å²) in [4.78, 5) is 17.4. The number of hydrogen-bond acceptors (Lipinski definition) is 3. The van der Waals surface area contributed by atoms with Crippen molar-refractivity contribution in [3.05, 3.63) is 81.8 Å². The third-order valence-corrected chi connectivity index (χ3v) is 4.41. The van der Waals surface area contributed by atoms with Crippen LogP contribution < -0.4 is 5.32 Å². The van der Waals surface area contributed by atoms with Crippen LogP contribution in [0.4, 0.5) is 5.13 Å². The number of hydrogen-bond donors (Lipinski definition) is 1. The molecule has 3 aromatic rings. The van der Waals surface area contributed by atoms with Crippen molar-refractivity contribution in [2.24, 2.45) is 0 Å². The van der Waals surface area contributed by atoms with Gasteiger partial charge in [0.2, 0.25) is 0 Å². The standard InChI is InChI=1S/C17H13ClN2OS/c18-15-9-5-4-8-13(15)10-14-11-19-17(22-14)20-16(21)12-6-2-1-3-7-12/h1-9,11H,10H2,(H,19,20,21). The topological polar surface area (TPSA) is 42.0 Å². The van der Waals surface area contributed by atoms with Crippen LogP contribution in [0.15, 0.2) is 60.8 Å². The summed E-state index contributed by atoms with van der Waals surface area (Å²) in [6.07, 6.45) is 2.48. The van der Waals surface area contributed by atoms with Crippen LogP contribution in [-0.2, 0) is 6.42 Å². The minimum absolute atomic E-state index is 0.153. The van der Waals surface area contributed by atoms with Gasteiger partial charge in [-0.25, -0.2) is 4.98 Å². The summed E-state index contributed by atoms with van der Waals surface area (Å²) in [5, 5.41) is 4.15. The molecule has 0 saturated heterocycles. The number of amides is 1. The maximum absolute atomic E-state index is 12.1. The quantitative estimate of drug-likeness (QED) is 0.758. The van der Waals surface area contributed by atoms with E-state index in [9.17, 15) is 4.79 Å². The smallest absolute Gasteiger partial charge is 0.257 e. The molecule has 0 fully saturated rings. The third kappa shape index (κ3) is 3.53. The van der Waals surface area contributed by atoms with Gasteiger partial charge in [0.1, 0.15) is 0 Å². The van der Waals surface area contributed by atoms with Crippen molar-refractivity contribution < 1.29 is 4.79 Å². The number of nitrogens with zero attached hydrogens (tertiary/aromatic N) is 1. The summed E-state index contributed by atoms with van der Waals surface area (Å²) < 4.78 is 0. The van der Waals surface area contributed by atoms with Crippen LogP contribution in [0, 0.1) is 0 Å². The molecule has 110 valence electrons. The fourth-order valence-electron chi connectivity index (χ4n) is 2.04. The molecule has 0 aliphatic heterocycles. The summed E-state index contributed by atoms with van der Waals surface area (Å²) >= 11 is 7.62. The minimum Gasteiger partial charge on any atom is -0.298 e. The van der Waals surface area contributed by atoms with E-state index in [1.807, 2.05) is 42.5 Å². The molecule has 0 bridgehead atoms. The monoisotopic (exact) mass is 328 g/mol. The SMILES string of the molecule is O=C(Nc1ncc(Cc2ccccc2Cl)s1)c1ccccc1. The Morgan fingerprint density at radius 1 is 1.09 bits per heavy atom. The molecule has 3 rings (SSSR count). The Labute approximate surface area is 137 Å². The number of nitrogens with one attached hydrogen (secondary N) is 1. The van der Waals surface area contributed by atoms with Crippen LogP contribution in [-0.4, -0.2) is 10.9 Å². The summed E-state index contributed by atoms with van der Waals surface area (Å²) in [5.74, 6) is -0.153. The lowest BCUT2D eigenvalue weighted by atomic mass is 10.1. The summed E-state index contributed by atoms with van der Waals surface area (Å²) in [5.41, 5.74) is 1.67. The number of carbonyl (C=O) groups is 1. The second-order valence-electron chi connectivity index (χ2n) is 4.72. The molecule has 0 aliphatic carbocycles. The van der Waals surface area contributed by atoms with Crippen LogP contribution in [0.25, 0.3) is 0 Å². The van der Waals surface area contributed by atoms with Crippen LogP contribution in [0.2, 0.25) is 5.02 Å². The second kappa shape index (κ2) is 6.73. The Morgan fingerprint density at radius 3 is 2.59 bits per heavy atom.